The van der Waals surface area contributed by atoms with Gasteiger partial charge in [0.05, 0.1) is 12.3 Å². The zero-order chi connectivity index (χ0) is 14.9. The van der Waals surface area contributed by atoms with E-state index in [1.54, 1.807) is 13.8 Å². The van der Waals surface area contributed by atoms with Crippen molar-refractivity contribution in [2.24, 2.45) is 0 Å². The molecule has 0 fully saturated rings. The molecule has 0 amide bonds. The van der Waals surface area contributed by atoms with Crippen LogP contribution in [0, 0.1) is 12.7 Å². The molecular formula is C13H13ClFN3O2. The zero-order valence-electron chi connectivity index (χ0n) is 11.0. The summed E-state index contributed by atoms with van der Waals surface area (Å²) in [7, 11) is 0. The van der Waals surface area contributed by atoms with Gasteiger partial charge in [-0.2, -0.15) is 0 Å². The van der Waals surface area contributed by atoms with Gasteiger partial charge in [-0.15, -0.1) is 0 Å². The number of ether oxygens (including phenoxy) is 1. The summed E-state index contributed by atoms with van der Waals surface area (Å²) in [5.74, 6) is -0.778. The van der Waals surface area contributed by atoms with Crippen LogP contribution < -0.4 is 5.73 Å². The van der Waals surface area contributed by atoms with E-state index in [9.17, 15) is 9.18 Å². The number of imidazole rings is 1. The molecule has 20 heavy (non-hydrogen) atoms. The summed E-state index contributed by atoms with van der Waals surface area (Å²) in [6, 6.07) is 4.06. The SMILES string of the molecule is CCOC(=O)c1nc(C)n(-c2cc(Cl)ccc2F)c1N. The number of nitrogens with two attached hydrogens (primary N) is 1. The number of hydrogen-bond donors (Lipinski definition) is 1. The number of aromatic nitrogens is 2. The van der Waals surface area contributed by atoms with Gasteiger partial charge < -0.3 is 10.5 Å². The molecule has 0 aliphatic rings. The molecule has 0 saturated heterocycles. The highest BCUT2D eigenvalue weighted by molar-refractivity contribution is 6.30. The molecule has 0 unspecified atom stereocenters. The summed E-state index contributed by atoms with van der Waals surface area (Å²) in [5, 5.41) is 0.353. The van der Waals surface area contributed by atoms with Crippen molar-refractivity contribution in [1.82, 2.24) is 9.55 Å². The predicted molar refractivity (Wildman–Crippen MR) is 73.6 cm³/mol. The fourth-order valence-corrected chi connectivity index (χ4v) is 2.03. The minimum atomic E-state index is -0.644. The number of hydrogen-bond acceptors (Lipinski definition) is 4. The first kappa shape index (κ1) is 14.3. The number of esters is 1. The Hall–Kier alpha value is -2.08. The maximum Gasteiger partial charge on any atom is 0.360 e. The third-order valence-electron chi connectivity index (χ3n) is 2.70. The molecule has 0 radical (unpaired) electrons. The van der Waals surface area contributed by atoms with Crippen LogP contribution in [0.4, 0.5) is 10.2 Å². The summed E-state index contributed by atoms with van der Waals surface area (Å²) >= 11 is 5.86. The lowest BCUT2D eigenvalue weighted by molar-refractivity contribution is 0.0521. The van der Waals surface area contributed by atoms with Crippen molar-refractivity contribution in [2.75, 3.05) is 12.3 Å². The zero-order valence-corrected chi connectivity index (χ0v) is 11.7. The van der Waals surface area contributed by atoms with Gasteiger partial charge in [0.2, 0.25) is 0 Å². The molecule has 5 nitrogen and oxygen atoms in total. The quantitative estimate of drug-likeness (QED) is 0.884. The van der Waals surface area contributed by atoms with Crippen LogP contribution in [0.2, 0.25) is 5.02 Å². The average molecular weight is 298 g/mol. The standard InChI is InChI=1S/C13H13ClFN3O2/c1-3-20-13(19)11-12(16)18(7(2)17-11)10-6-8(14)4-5-9(10)15/h4-6H,3,16H2,1-2H3. The second kappa shape index (κ2) is 5.50. The minimum absolute atomic E-state index is 0.0158. The van der Waals surface area contributed by atoms with Gasteiger partial charge in [-0.25, -0.2) is 14.2 Å². The Balaban J connectivity index is 2.58. The maximum atomic E-state index is 13.9. The highest BCUT2D eigenvalue weighted by Gasteiger charge is 2.22. The highest BCUT2D eigenvalue weighted by Crippen LogP contribution is 2.25. The van der Waals surface area contributed by atoms with E-state index in [-0.39, 0.29) is 23.8 Å². The highest BCUT2D eigenvalue weighted by atomic mass is 35.5. The van der Waals surface area contributed by atoms with Crippen LogP contribution in [0.3, 0.4) is 0 Å². The van der Waals surface area contributed by atoms with E-state index in [1.807, 2.05) is 0 Å². The molecule has 1 heterocycles. The molecule has 0 atom stereocenters. The molecule has 2 rings (SSSR count). The third-order valence-corrected chi connectivity index (χ3v) is 2.93. The Morgan fingerprint density at radius 3 is 2.90 bits per heavy atom. The van der Waals surface area contributed by atoms with Gasteiger partial charge in [-0.05, 0) is 32.0 Å². The number of aryl methyl sites for hydroxylation is 1. The molecule has 0 saturated carbocycles. The van der Waals surface area contributed by atoms with Gasteiger partial charge in [-0.3, -0.25) is 4.57 Å². The lowest BCUT2D eigenvalue weighted by Gasteiger charge is -2.09. The van der Waals surface area contributed by atoms with Crippen molar-refractivity contribution in [3.8, 4) is 5.69 Å². The molecule has 1 aromatic heterocycles. The van der Waals surface area contributed by atoms with E-state index >= 15 is 0 Å². The molecule has 1 aromatic carbocycles. The summed E-state index contributed by atoms with van der Waals surface area (Å²) in [6.07, 6.45) is 0. The van der Waals surface area contributed by atoms with Crippen LogP contribution in [0.5, 0.6) is 0 Å². The smallest absolute Gasteiger partial charge is 0.360 e. The van der Waals surface area contributed by atoms with Crippen LogP contribution in [0.25, 0.3) is 5.69 Å². The average Bonchev–Trinajstić information content (AvgIpc) is 2.68. The fraction of sp³-hybridized carbons (Fsp3) is 0.231. The molecule has 2 N–H and O–H groups in total. The first-order chi connectivity index (χ1) is 9.45. The summed E-state index contributed by atoms with van der Waals surface area (Å²) < 4.78 is 20.1. The lowest BCUT2D eigenvalue weighted by atomic mass is 10.3. The fourth-order valence-electron chi connectivity index (χ4n) is 1.86. The van der Waals surface area contributed by atoms with Gasteiger partial charge >= 0.3 is 5.97 Å². The van der Waals surface area contributed by atoms with Gasteiger partial charge in [0.1, 0.15) is 17.5 Å². The van der Waals surface area contributed by atoms with E-state index in [1.165, 1.54) is 22.8 Å². The minimum Gasteiger partial charge on any atom is -0.461 e. The molecule has 0 spiro atoms. The van der Waals surface area contributed by atoms with Crippen molar-refractivity contribution in [1.29, 1.82) is 0 Å². The van der Waals surface area contributed by atoms with Crippen molar-refractivity contribution in [3.63, 3.8) is 0 Å². The first-order valence-corrected chi connectivity index (χ1v) is 6.30. The summed E-state index contributed by atoms with van der Waals surface area (Å²) in [6.45, 7) is 3.49. The second-order valence-electron chi connectivity index (χ2n) is 4.04. The number of benzene rings is 1. The normalized spacial score (nSPS) is 10.6. The van der Waals surface area contributed by atoms with E-state index in [0.717, 1.165) is 0 Å². The number of halogens is 2. The van der Waals surface area contributed by atoms with E-state index < -0.39 is 11.8 Å². The summed E-state index contributed by atoms with van der Waals surface area (Å²) in [4.78, 5) is 15.7. The van der Waals surface area contributed by atoms with Gasteiger partial charge in [0, 0.05) is 5.02 Å². The Morgan fingerprint density at radius 2 is 2.25 bits per heavy atom. The lowest BCUT2D eigenvalue weighted by Crippen LogP contribution is -2.10. The van der Waals surface area contributed by atoms with E-state index in [2.05, 4.69) is 4.98 Å². The van der Waals surface area contributed by atoms with Crippen molar-refractivity contribution in [2.45, 2.75) is 13.8 Å². The van der Waals surface area contributed by atoms with Gasteiger partial charge in [-0.1, -0.05) is 11.6 Å². The molecule has 0 aliphatic carbocycles. The van der Waals surface area contributed by atoms with Crippen molar-refractivity contribution < 1.29 is 13.9 Å². The van der Waals surface area contributed by atoms with Crippen LogP contribution in [0.15, 0.2) is 18.2 Å². The number of carbonyl (C=O) groups is 1. The Kier molecular flexibility index (Phi) is 3.94. The molecule has 0 aliphatic heterocycles. The van der Waals surface area contributed by atoms with Crippen LogP contribution in [-0.4, -0.2) is 22.1 Å². The van der Waals surface area contributed by atoms with Crippen molar-refractivity contribution in [3.05, 3.63) is 40.6 Å². The molecule has 106 valence electrons. The topological polar surface area (TPSA) is 70.1 Å². The molecule has 2 aromatic rings. The Morgan fingerprint density at radius 1 is 1.55 bits per heavy atom. The van der Waals surface area contributed by atoms with E-state index in [4.69, 9.17) is 22.1 Å². The van der Waals surface area contributed by atoms with Crippen LogP contribution >= 0.6 is 11.6 Å². The first-order valence-electron chi connectivity index (χ1n) is 5.93. The molecular weight excluding hydrogens is 285 g/mol. The third kappa shape index (κ3) is 2.46. The number of anilines is 1. The maximum absolute atomic E-state index is 13.9. The predicted octanol–water partition coefficient (Wildman–Crippen LogP) is 2.73. The molecule has 0 bridgehead atoms. The van der Waals surface area contributed by atoms with E-state index in [0.29, 0.717) is 10.8 Å². The van der Waals surface area contributed by atoms with Gasteiger partial charge in [0.25, 0.3) is 0 Å². The monoisotopic (exact) mass is 297 g/mol. The molecule has 7 heteroatoms. The second-order valence-corrected chi connectivity index (χ2v) is 4.48. The Labute approximate surface area is 120 Å². The van der Waals surface area contributed by atoms with Crippen LogP contribution in [-0.2, 0) is 4.74 Å². The van der Waals surface area contributed by atoms with Crippen molar-refractivity contribution >= 4 is 23.4 Å². The number of carbonyl (C=O) groups excluding carboxylic acids is 1. The number of rotatable bonds is 3. The number of nitrogens with zero attached hydrogens (tertiary/aromatic N) is 2. The van der Waals surface area contributed by atoms with Gasteiger partial charge in [0.15, 0.2) is 5.69 Å². The summed E-state index contributed by atoms with van der Waals surface area (Å²) in [5.41, 5.74) is 5.97. The Bertz CT molecular complexity index is 670. The number of nitrogen functional groups attached to an aromatic ring is 1. The van der Waals surface area contributed by atoms with Crippen LogP contribution in [0.1, 0.15) is 23.2 Å². The largest absolute Gasteiger partial charge is 0.461 e.